The average Bonchev–Trinajstić information content (AvgIpc) is 2.39. The molecule has 0 saturated carbocycles. The minimum absolute atomic E-state index is 0.173. The van der Waals surface area contributed by atoms with Crippen molar-refractivity contribution in [2.45, 2.75) is 13.0 Å². The maximum Gasteiger partial charge on any atom is 0.272 e. The topological polar surface area (TPSA) is 54.9 Å². The summed E-state index contributed by atoms with van der Waals surface area (Å²) in [7, 11) is 0. The van der Waals surface area contributed by atoms with E-state index < -0.39 is 0 Å². The van der Waals surface area contributed by atoms with Crippen LogP contribution in [0.2, 0.25) is 10.2 Å². The van der Waals surface area contributed by atoms with Gasteiger partial charge in [-0.3, -0.25) is 9.78 Å². The summed E-state index contributed by atoms with van der Waals surface area (Å²) in [6.07, 6.45) is 2.73. The van der Waals surface area contributed by atoms with Crippen LogP contribution in [0.25, 0.3) is 0 Å². The fraction of sp³-hybridized carbons (Fsp3) is 0.154. The molecule has 0 aliphatic carbocycles. The maximum absolute atomic E-state index is 12.0. The van der Waals surface area contributed by atoms with Crippen LogP contribution in [0, 0.1) is 0 Å². The summed E-state index contributed by atoms with van der Waals surface area (Å²) >= 11 is 11.8. The molecule has 0 fully saturated rings. The quantitative estimate of drug-likeness (QED) is 0.945. The van der Waals surface area contributed by atoms with Gasteiger partial charge in [-0.05, 0) is 18.6 Å². The molecule has 2 rings (SSSR count). The molecule has 0 radical (unpaired) electrons. The Labute approximate surface area is 120 Å². The van der Waals surface area contributed by atoms with Gasteiger partial charge in [0.15, 0.2) is 0 Å². The van der Waals surface area contributed by atoms with E-state index in [1.165, 1.54) is 12.4 Å². The molecule has 4 nitrogen and oxygen atoms in total. The highest BCUT2D eigenvalue weighted by molar-refractivity contribution is 6.31. The number of aromatic nitrogens is 2. The first-order valence-corrected chi connectivity index (χ1v) is 6.36. The predicted molar refractivity (Wildman–Crippen MR) is 74.4 cm³/mol. The number of carbonyl (C=O) groups excluding carboxylic acids is 1. The number of amides is 1. The van der Waals surface area contributed by atoms with Crippen LogP contribution in [0.1, 0.15) is 29.0 Å². The van der Waals surface area contributed by atoms with Crippen LogP contribution >= 0.6 is 23.2 Å². The van der Waals surface area contributed by atoms with Crippen LogP contribution in [0.5, 0.6) is 0 Å². The van der Waals surface area contributed by atoms with Gasteiger partial charge >= 0.3 is 0 Å². The standard InChI is InChI=1S/C13H11Cl2N3O/c1-8(9-4-2-3-5-10(9)14)17-13(19)11-6-16-7-12(15)18-11/h2-8H,1H3,(H,17,19). The number of nitrogens with one attached hydrogen (secondary N) is 1. The molecule has 0 spiro atoms. The Balaban J connectivity index is 2.13. The first-order chi connectivity index (χ1) is 9.08. The molecule has 0 aliphatic rings. The summed E-state index contributed by atoms with van der Waals surface area (Å²) in [5, 5.41) is 3.58. The minimum atomic E-state index is -0.345. The molecule has 2 aromatic rings. The number of halogens is 2. The molecule has 6 heteroatoms. The zero-order chi connectivity index (χ0) is 13.8. The maximum atomic E-state index is 12.0. The lowest BCUT2D eigenvalue weighted by Gasteiger charge is -2.15. The summed E-state index contributed by atoms with van der Waals surface area (Å²) in [6.45, 7) is 1.84. The lowest BCUT2D eigenvalue weighted by molar-refractivity contribution is 0.0934. The molecule has 1 unspecified atom stereocenters. The number of benzene rings is 1. The SMILES string of the molecule is CC(NC(=O)c1cncc(Cl)n1)c1ccccc1Cl. The summed E-state index contributed by atoms with van der Waals surface area (Å²) in [6, 6.07) is 7.10. The molecule has 1 aromatic heterocycles. The summed E-state index contributed by atoms with van der Waals surface area (Å²) < 4.78 is 0. The normalized spacial score (nSPS) is 11.9. The van der Waals surface area contributed by atoms with Gasteiger partial charge in [0.05, 0.1) is 18.4 Å². The highest BCUT2D eigenvalue weighted by Crippen LogP contribution is 2.22. The van der Waals surface area contributed by atoms with Gasteiger partial charge in [-0.15, -0.1) is 0 Å². The van der Waals surface area contributed by atoms with Gasteiger partial charge < -0.3 is 5.32 Å². The smallest absolute Gasteiger partial charge is 0.272 e. The van der Waals surface area contributed by atoms with Crippen molar-refractivity contribution in [3.63, 3.8) is 0 Å². The monoisotopic (exact) mass is 295 g/mol. The molecule has 0 bridgehead atoms. The lowest BCUT2D eigenvalue weighted by atomic mass is 10.1. The largest absolute Gasteiger partial charge is 0.344 e. The van der Waals surface area contributed by atoms with Gasteiger partial charge in [0.25, 0.3) is 5.91 Å². The van der Waals surface area contributed by atoms with E-state index in [2.05, 4.69) is 15.3 Å². The molecule has 1 N–H and O–H groups in total. The third-order valence-electron chi connectivity index (χ3n) is 2.56. The highest BCUT2D eigenvalue weighted by atomic mass is 35.5. The summed E-state index contributed by atoms with van der Waals surface area (Å²) in [5.74, 6) is -0.345. The van der Waals surface area contributed by atoms with Crippen molar-refractivity contribution < 1.29 is 4.79 Å². The Kier molecular flexibility index (Phi) is 4.35. The molecule has 1 atom stereocenters. The van der Waals surface area contributed by atoms with Crippen molar-refractivity contribution in [1.82, 2.24) is 15.3 Å². The Morgan fingerprint density at radius 3 is 2.68 bits per heavy atom. The van der Waals surface area contributed by atoms with Crippen LogP contribution in [-0.4, -0.2) is 15.9 Å². The summed E-state index contributed by atoms with van der Waals surface area (Å²) in [5.41, 5.74) is 1.01. The van der Waals surface area contributed by atoms with Gasteiger partial charge in [0, 0.05) is 5.02 Å². The van der Waals surface area contributed by atoms with Gasteiger partial charge in [-0.25, -0.2) is 4.98 Å². The molecule has 0 aliphatic heterocycles. The average molecular weight is 296 g/mol. The van der Waals surface area contributed by atoms with Gasteiger partial charge in [-0.2, -0.15) is 0 Å². The van der Waals surface area contributed by atoms with E-state index in [0.717, 1.165) is 5.56 Å². The molecule has 19 heavy (non-hydrogen) atoms. The molecule has 1 amide bonds. The first kappa shape index (κ1) is 13.8. The third-order valence-corrected chi connectivity index (χ3v) is 3.08. The fourth-order valence-electron chi connectivity index (χ4n) is 1.63. The number of rotatable bonds is 3. The highest BCUT2D eigenvalue weighted by Gasteiger charge is 2.14. The van der Waals surface area contributed by atoms with Crippen LogP contribution in [0.4, 0.5) is 0 Å². The Morgan fingerprint density at radius 1 is 1.26 bits per heavy atom. The molecular formula is C13H11Cl2N3O. The molecule has 1 heterocycles. The van der Waals surface area contributed by atoms with Crippen molar-refractivity contribution in [2.75, 3.05) is 0 Å². The van der Waals surface area contributed by atoms with E-state index in [1.54, 1.807) is 6.07 Å². The molecule has 0 saturated heterocycles. The number of nitrogens with zero attached hydrogens (tertiary/aromatic N) is 2. The van der Waals surface area contributed by atoms with E-state index in [0.29, 0.717) is 5.02 Å². The lowest BCUT2D eigenvalue weighted by Crippen LogP contribution is -2.27. The van der Waals surface area contributed by atoms with Gasteiger partial charge in [-0.1, -0.05) is 41.4 Å². The zero-order valence-electron chi connectivity index (χ0n) is 10.1. The first-order valence-electron chi connectivity index (χ1n) is 5.61. The second-order valence-electron chi connectivity index (χ2n) is 3.94. The Morgan fingerprint density at radius 2 is 2.00 bits per heavy atom. The second kappa shape index (κ2) is 5.99. The fourth-order valence-corrected chi connectivity index (χ4v) is 2.07. The van der Waals surface area contributed by atoms with E-state index in [4.69, 9.17) is 23.2 Å². The Hall–Kier alpha value is -1.65. The second-order valence-corrected chi connectivity index (χ2v) is 4.74. The van der Waals surface area contributed by atoms with Crippen molar-refractivity contribution >= 4 is 29.1 Å². The summed E-state index contributed by atoms with van der Waals surface area (Å²) in [4.78, 5) is 19.7. The molecular weight excluding hydrogens is 285 g/mol. The van der Waals surface area contributed by atoms with Crippen molar-refractivity contribution in [3.8, 4) is 0 Å². The van der Waals surface area contributed by atoms with Crippen LogP contribution < -0.4 is 5.32 Å². The number of hydrogen-bond donors (Lipinski definition) is 1. The Bertz CT molecular complexity index is 604. The van der Waals surface area contributed by atoms with Crippen LogP contribution in [0.3, 0.4) is 0 Å². The molecule has 1 aromatic carbocycles. The van der Waals surface area contributed by atoms with E-state index >= 15 is 0 Å². The van der Waals surface area contributed by atoms with Crippen molar-refractivity contribution in [2.24, 2.45) is 0 Å². The zero-order valence-corrected chi connectivity index (χ0v) is 11.6. The van der Waals surface area contributed by atoms with E-state index in [1.807, 2.05) is 25.1 Å². The number of carbonyl (C=O) groups is 1. The minimum Gasteiger partial charge on any atom is -0.344 e. The van der Waals surface area contributed by atoms with Crippen molar-refractivity contribution in [1.29, 1.82) is 0 Å². The van der Waals surface area contributed by atoms with Gasteiger partial charge in [0.1, 0.15) is 10.8 Å². The third kappa shape index (κ3) is 3.43. The predicted octanol–water partition coefficient (Wildman–Crippen LogP) is 3.27. The van der Waals surface area contributed by atoms with Crippen LogP contribution in [0.15, 0.2) is 36.7 Å². The number of hydrogen-bond acceptors (Lipinski definition) is 3. The van der Waals surface area contributed by atoms with Gasteiger partial charge in [0.2, 0.25) is 0 Å². The molecule has 98 valence electrons. The van der Waals surface area contributed by atoms with E-state index in [-0.39, 0.29) is 22.8 Å². The van der Waals surface area contributed by atoms with E-state index in [9.17, 15) is 4.79 Å². The van der Waals surface area contributed by atoms with Crippen LogP contribution in [-0.2, 0) is 0 Å². The van der Waals surface area contributed by atoms with Crippen molar-refractivity contribution in [3.05, 3.63) is 58.1 Å².